The van der Waals surface area contributed by atoms with Crippen LogP contribution in [0.25, 0.3) is 0 Å². The summed E-state index contributed by atoms with van der Waals surface area (Å²) in [6.45, 7) is 1.37. The van der Waals surface area contributed by atoms with Gasteiger partial charge in [-0.05, 0) is 54.5 Å². The minimum atomic E-state index is -0.370. The fourth-order valence-corrected chi connectivity index (χ4v) is 4.01. The smallest absolute Gasteiger partial charge is 0.261 e. The molecule has 2 amide bonds. The lowest BCUT2D eigenvalue weighted by Gasteiger charge is -2.30. The molecule has 120 valence electrons. The number of hydrogen-bond donors (Lipinski definition) is 2. The molecule has 6 heteroatoms. The van der Waals surface area contributed by atoms with E-state index in [-0.39, 0.29) is 30.2 Å². The molecule has 2 aliphatic rings. The van der Waals surface area contributed by atoms with Crippen molar-refractivity contribution in [1.82, 2.24) is 5.32 Å². The van der Waals surface area contributed by atoms with Crippen molar-refractivity contribution in [3.05, 3.63) is 21.9 Å². The van der Waals surface area contributed by atoms with Crippen molar-refractivity contribution in [2.75, 3.05) is 13.2 Å². The topological polar surface area (TPSA) is 81.4 Å². The Morgan fingerprint density at radius 3 is 2.68 bits per heavy atom. The van der Waals surface area contributed by atoms with Crippen LogP contribution in [0.5, 0.6) is 0 Å². The van der Waals surface area contributed by atoms with Gasteiger partial charge in [0.25, 0.3) is 5.91 Å². The van der Waals surface area contributed by atoms with Gasteiger partial charge in [-0.1, -0.05) is 0 Å². The summed E-state index contributed by atoms with van der Waals surface area (Å²) in [6.07, 6.45) is 4.25. The molecule has 0 bridgehead atoms. The molecular weight excluding hydrogens is 300 g/mol. The summed E-state index contributed by atoms with van der Waals surface area (Å²) < 4.78 is 5.36. The zero-order valence-electron chi connectivity index (χ0n) is 12.5. The average Bonchev–Trinajstić information content (AvgIpc) is 3.24. The monoisotopic (exact) mass is 322 g/mol. The van der Waals surface area contributed by atoms with E-state index in [2.05, 4.69) is 11.4 Å². The van der Waals surface area contributed by atoms with Crippen LogP contribution in [0.1, 0.15) is 53.3 Å². The van der Waals surface area contributed by atoms with Gasteiger partial charge < -0.3 is 15.8 Å². The van der Waals surface area contributed by atoms with E-state index in [4.69, 9.17) is 10.5 Å². The van der Waals surface area contributed by atoms with Crippen molar-refractivity contribution in [2.45, 2.75) is 44.1 Å². The highest BCUT2D eigenvalue weighted by Gasteiger charge is 2.31. The van der Waals surface area contributed by atoms with E-state index in [1.165, 1.54) is 24.2 Å². The van der Waals surface area contributed by atoms with Crippen LogP contribution in [0.15, 0.2) is 11.4 Å². The predicted molar refractivity (Wildman–Crippen MR) is 84.9 cm³/mol. The van der Waals surface area contributed by atoms with E-state index in [1.54, 1.807) is 0 Å². The maximum Gasteiger partial charge on any atom is 0.261 e. The molecule has 3 rings (SSSR count). The second kappa shape index (κ2) is 6.79. The Balaban J connectivity index is 1.69. The van der Waals surface area contributed by atoms with Crippen LogP contribution in [-0.2, 0) is 9.53 Å². The minimum absolute atomic E-state index is 0.0605. The molecule has 1 atom stereocenters. The van der Waals surface area contributed by atoms with E-state index in [0.29, 0.717) is 19.1 Å². The Hall–Kier alpha value is -1.40. The normalized spacial score (nSPS) is 20.5. The first-order valence-corrected chi connectivity index (χ1v) is 8.77. The van der Waals surface area contributed by atoms with Crippen LogP contribution in [0.4, 0.5) is 0 Å². The van der Waals surface area contributed by atoms with Crippen molar-refractivity contribution in [3.63, 3.8) is 0 Å². The fraction of sp³-hybridized carbons (Fsp3) is 0.625. The number of carbonyl (C=O) groups excluding carboxylic acids is 2. The maximum atomic E-state index is 12.6. The molecule has 22 heavy (non-hydrogen) atoms. The predicted octanol–water partition coefficient (Wildman–Crippen LogP) is 2.03. The Kier molecular flexibility index (Phi) is 4.78. The van der Waals surface area contributed by atoms with Gasteiger partial charge in [-0.3, -0.25) is 9.59 Å². The van der Waals surface area contributed by atoms with Crippen molar-refractivity contribution in [2.24, 2.45) is 11.7 Å². The zero-order valence-corrected chi connectivity index (χ0v) is 13.4. The van der Waals surface area contributed by atoms with Gasteiger partial charge in [0.1, 0.15) is 0 Å². The summed E-state index contributed by atoms with van der Waals surface area (Å²) in [5.41, 5.74) is 6.52. The SMILES string of the molecule is NC(=O)CC(NC(=O)c1sccc1C1CC1)C1CCOCC1. The molecule has 3 N–H and O–H groups in total. The third-order valence-corrected chi connectivity index (χ3v) is 5.42. The summed E-state index contributed by atoms with van der Waals surface area (Å²) >= 11 is 1.48. The van der Waals surface area contributed by atoms with E-state index in [0.717, 1.165) is 23.3 Å². The van der Waals surface area contributed by atoms with Gasteiger partial charge in [-0.25, -0.2) is 0 Å². The molecule has 1 unspecified atom stereocenters. The van der Waals surface area contributed by atoms with Crippen molar-refractivity contribution >= 4 is 23.2 Å². The lowest BCUT2D eigenvalue weighted by atomic mass is 9.89. The molecule has 1 saturated carbocycles. The number of carbonyl (C=O) groups is 2. The molecule has 1 aliphatic heterocycles. The fourth-order valence-electron chi connectivity index (χ4n) is 3.12. The number of rotatable bonds is 6. The Bertz CT molecular complexity index is 547. The molecule has 1 saturated heterocycles. The van der Waals surface area contributed by atoms with Gasteiger partial charge in [0.2, 0.25) is 5.91 Å². The highest BCUT2D eigenvalue weighted by Crippen LogP contribution is 2.43. The number of primary amides is 1. The van der Waals surface area contributed by atoms with E-state index in [1.807, 2.05) is 5.38 Å². The average molecular weight is 322 g/mol. The van der Waals surface area contributed by atoms with Crippen LogP contribution in [0, 0.1) is 5.92 Å². The zero-order chi connectivity index (χ0) is 15.5. The summed E-state index contributed by atoms with van der Waals surface area (Å²) in [4.78, 5) is 24.8. The second-order valence-corrected chi connectivity index (χ2v) is 7.10. The Morgan fingerprint density at radius 1 is 1.32 bits per heavy atom. The molecule has 0 spiro atoms. The quantitative estimate of drug-likeness (QED) is 0.841. The summed E-state index contributed by atoms with van der Waals surface area (Å²) in [5, 5.41) is 5.03. The summed E-state index contributed by atoms with van der Waals surface area (Å²) in [5.74, 6) is 0.374. The number of thiophene rings is 1. The minimum Gasteiger partial charge on any atom is -0.381 e. The van der Waals surface area contributed by atoms with Crippen molar-refractivity contribution < 1.29 is 14.3 Å². The number of amides is 2. The molecule has 2 heterocycles. The van der Waals surface area contributed by atoms with Gasteiger partial charge in [0.15, 0.2) is 0 Å². The van der Waals surface area contributed by atoms with E-state index in [9.17, 15) is 9.59 Å². The molecular formula is C16H22N2O3S. The Labute approximate surface area is 134 Å². The number of nitrogens with two attached hydrogens (primary N) is 1. The van der Waals surface area contributed by atoms with Crippen LogP contribution in [-0.4, -0.2) is 31.1 Å². The lowest BCUT2D eigenvalue weighted by molar-refractivity contribution is -0.118. The number of ether oxygens (including phenoxy) is 1. The van der Waals surface area contributed by atoms with Crippen LogP contribution in [0.2, 0.25) is 0 Å². The van der Waals surface area contributed by atoms with E-state index >= 15 is 0 Å². The molecule has 2 fully saturated rings. The molecule has 1 aromatic rings. The molecule has 0 aromatic carbocycles. The van der Waals surface area contributed by atoms with Gasteiger partial charge in [-0.15, -0.1) is 11.3 Å². The van der Waals surface area contributed by atoms with Crippen LogP contribution < -0.4 is 11.1 Å². The molecule has 1 aromatic heterocycles. The summed E-state index contributed by atoms with van der Waals surface area (Å²) in [6, 6.07) is 1.86. The molecule has 5 nitrogen and oxygen atoms in total. The highest BCUT2D eigenvalue weighted by atomic mass is 32.1. The second-order valence-electron chi connectivity index (χ2n) is 6.18. The van der Waals surface area contributed by atoms with Crippen LogP contribution in [0.3, 0.4) is 0 Å². The highest BCUT2D eigenvalue weighted by molar-refractivity contribution is 7.12. The standard InChI is InChI=1S/C16H22N2O3S/c17-14(19)9-13(11-3-6-21-7-4-11)18-16(20)15-12(5-8-22-15)10-1-2-10/h5,8,10-11,13H,1-4,6-7,9H2,(H2,17,19)(H,18,20). The third kappa shape index (κ3) is 3.67. The first-order valence-electron chi connectivity index (χ1n) is 7.89. The summed E-state index contributed by atoms with van der Waals surface area (Å²) in [7, 11) is 0. The van der Waals surface area contributed by atoms with Gasteiger partial charge in [0, 0.05) is 25.7 Å². The van der Waals surface area contributed by atoms with Gasteiger partial charge in [0.05, 0.1) is 4.88 Å². The first kappa shape index (κ1) is 15.5. The lowest BCUT2D eigenvalue weighted by Crippen LogP contribution is -2.44. The maximum absolute atomic E-state index is 12.6. The van der Waals surface area contributed by atoms with Gasteiger partial charge >= 0.3 is 0 Å². The van der Waals surface area contributed by atoms with E-state index < -0.39 is 0 Å². The first-order chi connectivity index (χ1) is 10.6. The number of nitrogens with one attached hydrogen (secondary N) is 1. The van der Waals surface area contributed by atoms with Crippen molar-refractivity contribution in [3.8, 4) is 0 Å². The van der Waals surface area contributed by atoms with Gasteiger partial charge in [-0.2, -0.15) is 0 Å². The Morgan fingerprint density at radius 2 is 2.05 bits per heavy atom. The third-order valence-electron chi connectivity index (χ3n) is 4.49. The molecule has 0 radical (unpaired) electrons. The largest absolute Gasteiger partial charge is 0.381 e. The molecule has 1 aliphatic carbocycles. The number of hydrogen-bond acceptors (Lipinski definition) is 4. The van der Waals surface area contributed by atoms with Crippen molar-refractivity contribution in [1.29, 1.82) is 0 Å². The van der Waals surface area contributed by atoms with Crippen LogP contribution >= 0.6 is 11.3 Å².